The average molecular weight is 334 g/mol. The van der Waals surface area contributed by atoms with E-state index in [2.05, 4.69) is 48.2 Å². The molecule has 2 aromatic heterocycles. The van der Waals surface area contributed by atoms with Crippen LogP contribution in [0.5, 0.6) is 0 Å². The highest BCUT2D eigenvalue weighted by Crippen LogP contribution is 2.40. The van der Waals surface area contributed by atoms with E-state index in [1.54, 1.807) is 6.33 Å². The number of aromatic amines is 1. The summed E-state index contributed by atoms with van der Waals surface area (Å²) in [6.45, 7) is 5.28. The third kappa shape index (κ3) is 2.98. The van der Waals surface area contributed by atoms with Crippen molar-refractivity contribution in [1.29, 1.82) is 0 Å². The second kappa shape index (κ2) is 6.11. The van der Waals surface area contributed by atoms with Gasteiger partial charge in [-0.1, -0.05) is 0 Å². The number of benzene rings is 1. The van der Waals surface area contributed by atoms with Gasteiger partial charge in [0.15, 0.2) is 0 Å². The molecule has 1 saturated heterocycles. The van der Waals surface area contributed by atoms with Gasteiger partial charge in [-0.2, -0.15) is 5.10 Å². The van der Waals surface area contributed by atoms with E-state index < -0.39 is 0 Å². The monoisotopic (exact) mass is 334 g/mol. The van der Waals surface area contributed by atoms with E-state index in [0.29, 0.717) is 0 Å². The van der Waals surface area contributed by atoms with Gasteiger partial charge in [-0.05, 0) is 31.0 Å². The molecule has 0 unspecified atom stereocenters. The van der Waals surface area contributed by atoms with E-state index in [4.69, 9.17) is 0 Å². The van der Waals surface area contributed by atoms with Crippen LogP contribution in [0.1, 0.15) is 30.0 Å². The van der Waals surface area contributed by atoms with Gasteiger partial charge in [0.1, 0.15) is 6.33 Å². The van der Waals surface area contributed by atoms with Crippen molar-refractivity contribution in [2.75, 3.05) is 31.1 Å². The van der Waals surface area contributed by atoms with E-state index in [1.807, 2.05) is 12.4 Å². The summed E-state index contributed by atoms with van der Waals surface area (Å²) in [6, 6.07) is 6.46. The number of nitrogens with zero attached hydrogens (tertiary/aromatic N) is 5. The first-order valence-corrected chi connectivity index (χ1v) is 9.06. The van der Waals surface area contributed by atoms with Crippen molar-refractivity contribution in [3.63, 3.8) is 0 Å². The van der Waals surface area contributed by atoms with E-state index in [1.165, 1.54) is 29.8 Å². The predicted molar refractivity (Wildman–Crippen MR) is 97.6 cm³/mol. The van der Waals surface area contributed by atoms with Crippen LogP contribution in [0, 0.1) is 0 Å². The number of anilines is 1. The van der Waals surface area contributed by atoms with Crippen molar-refractivity contribution in [3.05, 3.63) is 48.2 Å². The van der Waals surface area contributed by atoms with Crippen molar-refractivity contribution >= 4 is 16.6 Å². The topological polar surface area (TPSA) is 60.9 Å². The Morgan fingerprint density at radius 3 is 2.80 bits per heavy atom. The number of hydrogen-bond acceptors (Lipinski definition) is 5. The SMILES string of the molecule is c1ncc2cc(N3CCN(Cc4cn[nH]c4C4CC4)CC3)ccc2n1. The van der Waals surface area contributed by atoms with Crippen LogP contribution in [0.15, 0.2) is 36.9 Å². The molecular formula is C19H22N6. The van der Waals surface area contributed by atoms with Crippen LogP contribution in [-0.4, -0.2) is 51.2 Å². The molecule has 1 N–H and O–H groups in total. The summed E-state index contributed by atoms with van der Waals surface area (Å²) in [5.74, 6) is 0.735. The molecule has 1 aromatic carbocycles. The van der Waals surface area contributed by atoms with Crippen molar-refractivity contribution in [2.45, 2.75) is 25.3 Å². The first-order valence-electron chi connectivity index (χ1n) is 9.06. The predicted octanol–water partition coefficient (Wildman–Crippen LogP) is 2.55. The molecule has 0 spiro atoms. The Bertz CT molecular complexity index is 876. The van der Waals surface area contributed by atoms with Crippen molar-refractivity contribution < 1.29 is 0 Å². The minimum Gasteiger partial charge on any atom is -0.369 e. The molecule has 3 aromatic rings. The molecule has 5 rings (SSSR count). The molecule has 6 heteroatoms. The summed E-state index contributed by atoms with van der Waals surface area (Å²) in [5, 5.41) is 8.58. The fraction of sp³-hybridized carbons (Fsp3) is 0.421. The van der Waals surface area contributed by atoms with E-state index >= 15 is 0 Å². The molecule has 2 fully saturated rings. The standard InChI is InChI=1S/C19H22N6/c1-2-14(1)19-16(11-22-23-19)12-24-5-7-25(8-6-24)17-3-4-18-15(9-17)10-20-13-21-18/h3-4,9-11,13-14H,1-2,5-8,12H2,(H,22,23). The second-order valence-corrected chi connectivity index (χ2v) is 7.11. The lowest BCUT2D eigenvalue weighted by molar-refractivity contribution is 0.249. The molecule has 1 saturated carbocycles. The van der Waals surface area contributed by atoms with Crippen LogP contribution >= 0.6 is 0 Å². The smallest absolute Gasteiger partial charge is 0.116 e. The quantitative estimate of drug-likeness (QED) is 0.794. The Morgan fingerprint density at radius 2 is 1.96 bits per heavy atom. The van der Waals surface area contributed by atoms with Gasteiger partial charge in [-0.3, -0.25) is 10.00 Å². The Morgan fingerprint density at radius 1 is 1.08 bits per heavy atom. The number of fused-ring (bicyclic) bond motifs is 1. The van der Waals surface area contributed by atoms with Crippen LogP contribution in [0.2, 0.25) is 0 Å². The normalized spacial score (nSPS) is 18.8. The fourth-order valence-electron chi connectivity index (χ4n) is 3.75. The summed E-state index contributed by atoms with van der Waals surface area (Å²) >= 11 is 0. The summed E-state index contributed by atoms with van der Waals surface area (Å²) in [6.07, 6.45) is 8.14. The number of hydrogen-bond donors (Lipinski definition) is 1. The number of nitrogens with one attached hydrogen (secondary N) is 1. The van der Waals surface area contributed by atoms with E-state index in [0.717, 1.165) is 49.5 Å². The second-order valence-electron chi connectivity index (χ2n) is 7.11. The van der Waals surface area contributed by atoms with Gasteiger partial charge < -0.3 is 4.90 Å². The lowest BCUT2D eigenvalue weighted by atomic mass is 10.1. The van der Waals surface area contributed by atoms with E-state index in [9.17, 15) is 0 Å². The molecule has 0 amide bonds. The zero-order chi connectivity index (χ0) is 16.6. The highest BCUT2D eigenvalue weighted by atomic mass is 15.3. The lowest BCUT2D eigenvalue weighted by Gasteiger charge is -2.36. The average Bonchev–Trinajstić information content (AvgIpc) is 3.41. The molecule has 0 atom stereocenters. The highest BCUT2D eigenvalue weighted by molar-refractivity contribution is 5.81. The third-order valence-corrected chi connectivity index (χ3v) is 5.36. The summed E-state index contributed by atoms with van der Waals surface area (Å²) in [7, 11) is 0. The molecular weight excluding hydrogens is 312 g/mol. The minimum absolute atomic E-state index is 0.735. The Kier molecular flexibility index (Phi) is 3.63. The minimum atomic E-state index is 0.735. The maximum absolute atomic E-state index is 4.30. The molecule has 0 bridgehead atoms. The Hall–Kier alpha value is -2.47. The van der Waals surface area contributed by atoms with Gasteiger partial charge in [0.2, 0.25) is 0 Å². The molecule has 1 aliphatic carbocycles. The zero-order valence-electron chi connectivity index (χ0n) is 14.2. The highest BCUT2D eigenvalue weighted by Gasteiger charge is 2.28. The molecule has 128 valence electrons. The van der Waals surface area contributed by atoms with Gasteiger partial charge in [0.05, 0.1) is 11.7 Å². The fourth-order valence-corrected chi connectivity index (χ4v) is 3.75. The van der Waals surface area contributed by atoms with Gasteiger partial charge in [0.25, 0.3) is 0 Å². The van der Waals surface area contributed by atoms with Crippen LogP contribution in [0.3, 0.4) is 0 Å². The number of piperazine rings is 1. The van der Waals surface area contributed by atoms with Crippen molar-refractivity contribution in [1.82, 2.24) is 25.1 Å². The Labute approximate surface area is 146 Å². The van der Waals surface area contributed by atoms with Gasteiger partial charge in [-0.15, -0.1) is 0 Å². The Balaban J connectivity index is 1.25. The molecule has 3 heterocycles. The van der Waals surface area contributed by atoms with Crippen LogP contribution in [0.4, 0.5) is 5.69 Å². The molecule has 2 aliphatic rings. The maximum Gasteiger partial charge on any atom is 0.116 e. The number of aromatic nitrogens is 4. The van der Waals surface area contributed by atoms with Gasteiger partial charge in [-0.25, -0.2) is 9.97 Å². The van der Waals surface area contributed by atoms with Crippen molar-refractivity contribution in [2.24, 2.45) is 0 Å². The molecule has 0 radical (unpaired) electrons. The largest absolute Gasteiger partial charge is 0.369 e. The lowest BCUT2D eigenvalue weighted by Crippen LogP contribution is -2.46. The van der Waals surface area contributed by atoms with E-state index in [-0.39, 0.29) is 0 Å². The van der Waals surface area contributed by atoms with Crippen LogP contribution < -0.4 is 4.90 Å². The van der Waals surface area contributed by atoms with Gasteiger partial charge in [0, 0.05) is 67.2 Å². The first kappa shape index (κ1) is 14.8. The van der Waals surface area contributed by atoms with Crippen LogP contribution in [0.25, 0.3) is 10.9 Å². The summed E-state index contributed by atoms with van der Waals surface area (Å²) in [5.41, 5.74) is 5.03. The number of H-pyrrole nitrogens is 1. The van der Waals surface area contributed by atoms with Gasteiger partial charge >= 0.3 is 0 Å². The van der Waals surface area contributed by atoms with Crippen molar-refractivity contribution in [3.8, 4) is 0 Å². The van der Waals surface area contributed by atoms with Crippen LogP contribution in [-0.2, 0) is 6.54 Å². The summed E-state index contributed by atoms with van der Waals surface area (Å²) in [4.78, 5) is 13.4. The maximum atomic E-state index is 4.30. The summed E-state index contributed by atoms with van der Waals surface area (Å²) < 4.78 is 0. The zero-order valence-corrected chi connectivity index (χ0v) is 14.2. The molecule has 6 nitrogen and oxygen atoms in total. The molecule has 1 aliphatic heterocycles. The first-order chi connectivity index (χ1) is 12.4. The number of rotatable bonds is 4. The third-order valence-electron chi connectivity index (χ3n) is 5.36. The molecule has 25 heavy (non-hydrogen) atoms.